The van der Waals surface area contributed by atoms with Gasteiger partial charge in [0.2, 0.25) is 5.91 Å². The van der Waals surface area contributed by atoms with Crippen LogP contribution in [0.1, 0.15) is 19.4 Å². The molecule has 0 heterocycles. The predicted molar refractivity (Wildman–Crippen MR) is 69.8 cm³/mol. The minimum atomic E-state index is -4.79. The largest absolute Gasteiger partial charge is 0.417 e. The van der Waals surface area contributed by atoms with Crippen LogP contribution in [0.25, 0.3) is 0 Å². The summed E-state index contributed by atoms with van der Waals surface area (Å²) in [6.45, 7) is 3.04. The molecule has 0 aliphatic rings. The van der Waals surface area contributed by atoms with Gasteiger partial charge in [0.05, 0.1) is 15.5 Å². The molecule has 21 heavy (non-hydrogen) atoms. The van der Waals surface area contributed by atoms with Gasteiger partial charge in [0, 0.05) is 5.92 Å². The van der Waals surface area contributed by atoms with Crippen molar-refractivity contribution in [2.45, 2.75) is 24.9 Å². The highest BCUT2D eigenvalue weighted by molar-refractivity contribution is 7.89. The van der Waals surface area contributed by atoms with Gasteiger partial charge in [-0.1, -0.05) is 25.4 Å². The van der Waals surface area contributed by atoms with Crippen molar-refractivity contribution in [2.75, 3.05) is 0 Å². The second kappa shape index (κ2) is 6.20. The lowest BCUT2D eigenvalue weighted by molar-refractivity contribution is -0.137. The normalized spacial score (nSPS) is 12.5. The molecule has 0 unspecified atom stereocenters. The van der Waals surface area contributed by atoms with E-state index in [4.69, 9.17) is 11.6 Å². The number of halogens is 4. The van der Waals surface area contributed by atoms with Crippen LogP contribution >= 0.6 is 11.6 Å². The van der Waals surface area contributed by atoms with Crippen molar-refractivity contribution in [3.8, 4) is 0 Å². The van der Waals surface area contributed by atoms with Gasteiger partial charge < -0.3 is 0 Å². The lowest BCUT2D eigenvalue weighted by atomic mass is 10.2. The molecule has 0 spiro atoms. The Bertz CT molecular complexity index is 645. The number of sulfonamides is 1. The Morgan fingerprint density at radius 2 is 1.86 bits per heavy atom. The number of hydrazine groups is 1. The summed E-state index contributed by atoms with van der Waals surface area (Å²) in [7, 11) is -4.33. The Balaban J connectivity index is 3.07. The van der Waals surface area contributed by atoms with Crippen LogP contribution in [0.3, 0.4) is 0 Å². The van der Waals surface area contributed by atoms with E-state index < -0.39 is 43.5 Å². The maximum Gasteiger partial charge on any atom is 0.417 e. The highest BCUT2D eigenvalue weighted by Crippen LogP contribution is 2.35. The monoisotopic (exact) mass is 344 g/mol. The van der Waals surface area contributed by atoms with Crippen molar-refractivity contribution in [2.24, 2.45) is 5.92 Å². The third-order valence-corrected chi connectivity index (χ3v) is 3.96. The molecule has 0 aromatic heterocycles. The first-order chi connectivity index (χ1) is 9.45. The van der Waals surface area contributed by atoms with Gasteiger partial charge in [-0.05, 0) is 18.2 Å². The maximum absolute atomic E-state index is 12.7. The molecule has 0 aliphatic carbocycles. The molecule has 118 valence electrons. The van der Waals surface area contributed by atoms with Crippen LogP contribution in [-0.4, -0.2) is 14.3 Å². The molecule has 5 nitrogen and oxygen atoms in total. The zero-order valence-electron chi connectivity index (χ0n) is 11.0. The fourth-order valence-corrected chi connectivity index (χ4v) is 2.31. The van der Waals surface area contributed by atoms with Crippen molar-refractivity contribution in [3.63, 3.8) is 0 Å². The van der Waals surface area contributed by atoms with Crippen molar-refractivity contribution in [1.82, 2.24) is 10.3 Å². The molecule has 0 saturated carbocycles. The number of alkyl halides is 3. The Hall–Kier alpha value is -1.32. The third-order valence-electron chi connectivity index (χ3n) is 2.39. The van der Waals surface area contributed by atoms with Crippen LogP contribution < -0.4 is 10.3 Å². The van der Waals surface area contributed by atoms with Crippen molar-refractivity contribution in [1.29, 1.82) is 0 Å². The molecule has 0 radical (unpaired) electrons. The molecule has 0 aliphatic heterocycles. The van der Waals surface area contributed by atoms with Crippen LogP contribution in [0.5, 0.6) is 0 Å². The van der Waals surface area contributed by atoms with Crippen LogP contribution in [0.2, 0.25) is 5.02 Å². The Morgan fingerprint density at radius 1 is 1.29 bits per heavy atom. The minimum absolute atomic E-state index is 0.395. The summed E-state index contributed by atoms with van der Waals surface area (Å²) in [4.78, 5) is 12.3. The van der Waals surface area contributed by atoms with Gasteiger partial charge in [0.1, 0.15) is 0 Å². The van der Waals surface area contributed by atoms with E-state index in [9.17, 15) is 26.4 Å². The molecule has 10 heteroatoms. The van der Waals surface area contributed by atoms with Gasteiger partial charge in [0.15, 0.2) is 0 Å². The van der Waals surface area contributed by atoms with E-state index in [1.54, 1.807) is 4.83 Å². The highest BCUT2D eigenvalue weighted by atomic mass is 35.5. The molecular formula is C11H12ClF3N2O3S. The first-order valence-corrected chi connectivity index (χ1v) is 7.49. The number of nitrogens with one attached hydrogen (secondary N) is 2. The average molecular weight is 345 g/mol. The highest BCUT2D eigenvalue weighted by Gasteiger charge is 2.34. The molecule has 0 fully saturated rings. The van der Waals surface area contributed by atoms with Gasteiger partial charge in [-0.3, -0.25) is 10.2 Å². The van der Waals surface area contributed by atoms with E-state index in [0.717, 1.165) is 12.1 Å². The zero-order valence-corrected chi connectivity index (χ0v) is 12.5. The predicted octanol–water partition coefficient (Wildman–Crippen LogP) is 2.32. The minimum Gasteiger partial charge on any atom is -0.277 e. The lowest BCUT2D eigenvalue weighted by Gasteiger charge is -2.13. The molecule has 1 amide bonds. The van der Waals surface area contributed by atoms with E-state index in [0.29, 0.717) is 6.07 Å². The quantitative estimate of drug-likeness (QED) is 0.823. The number of hydrogen-bond acceptors (Lipinski definition) is 3. The van der Waals surface area contributed by atoms with Crippen molar-refractivity contribution < 1.29 is 26.4 Å². The molecule has 1 rings (SSSR count). The summed E-state index contributed by atoms with van der Waals surface area (Å²) in [6.07, 6.45) is -4.79. The summed E-state index contributed by atoms with van der Waals surface area (Å²) in [5.41, 5.74) is 0.627. The number of carbonyl (C=O) groups excluding carboxylic acids is 1. The second-order valence-electron chi connectivity index (χ2n) is 4.39. The van der Waals surface area contributed by atoms with Gasteiger partial charge in [-0.2, -0.15) is 13.2 Å². The summed E-state index contributed by atoms with van der Waals surface area (Å²) in [6, 6.07) is 2.12. The first kappa shape index (κ1) is 17.7. The molecule has 0 atom stereocenters. The van der Waals surface area contributed by atoms with E-state index in [-0.39, 0.29) is 0 Å². The maximum atomic E-state index is 12.7. The van der Waals surface area contributed by atoms with Crippen LogP contribution in [0.15, 0.2) is 23.1 Å². The van der Waals surface area contributed by atoms with Crippen molar-refractivity contribution in [3.05, 3.63) is 28.8 Å². The number of amides is 1. The molecule has 2 N–H and O–H groups in total. The smallest absolute Gasteiger partial charge is 0.277 e. The Kier molecular flexibility index (Phi) is 5.24. The fourth-order valence-electron chi connectivity index (χ4n) is 1.21. The van der Waals surface area contributed by atoms with Crippen LogP contribution in [-0.2, 0) is 21.0 Å². The molecular weight excluding hydrogens is 333 g/mol. The number of carbonyl (C=O) groups is 1. The summed E-state index contributed by atoms with van der Waals surface area (Å²) in [5.74, 6) is -1.12. The van der Waals surface area contributed by atoms with Crippen LogP contribution in [0, 0.1) is 5.92 Å². The number of benzene rings is 1. The van der Waals surface area contributed by atoms with E-state index >= 15 is 0 Å². The third kappa shape index (κ3) is 4.58. The Morgan fingerprint density at radius 3 is 2.33 bits per heavy atom. The SMILES string of the molecule is CC(C)C(=O)NNS(=O)(=O)c1ccc(Cl)c(C(F)(F)F)c1. The topological polar surface area (TPSA) is 75.3 Å². The van der Waals surface area contributed by atoms with Gasteiger partial charge in [0.25, 0.3) is 10.0 Å². The second-order valence-corrected chi connectivity index (χ2v) is 6.48. The van der Waals surface area contributed by atoms with Gasteiger partial charge >= 0.3 is 6.18 Å². The number of hydrogen-bond donors (Lipinski definition) is 2. The fraction of sp³-hybridized carbons (Fsp3) is 0.364. The van der Waals surface area contributed by atoms with E-state index in [2.05, 4.69) is 0 Å². The standard InChI is InChI=1S/C11H12ClF3N2O3S/c1-6(2)10(18)16-17-21(19,20)7-3-4-9(12)8(5-7)11(13,14)15/h3-6,17H,1-2H3,(H,16,18). The summed E-state index contributed by atoms with van der Waals surface area (Å²) >= 11 is 5.40. The molecule has 0 bridgehead atoms. The van der Waals surface area contributed by atoms with Crippen molar-refractivity contribution >= 4 is 27.5 Å². The number of rotatable bonds is 4. The first-order valence-electron chi connectivity index (χ1n) is 5.63. The van der Waals surface area contributed by atoms with E-state index in [1.807, 2.05) is 5.43 Å². The average Bonchev–Trinajstić information content (AvgIpc) is 2.34. The molecule has 1 aromatic carbocycles. The summed E-state index contributed by atoms with van der Waals surface area (Å²) in [5, 5.41) is -0.618. The zero-order chi connectivity index (χ0) is 16.4. The summed E-state index contributed by atoms with van der Waals surface area (Å²) < 4.78 is 61.6. The van der Waals surface area contributed by atoms with Gasteiger partial charge in [-0.15, -0.1) is 4.83 Å². The molecule has 1 aromatic rings. The van der Waals surface area contributed by atoms with E-state index in [1.165, 1.54) is 13.8 Å². The van der Waals surface area contributed by atoms with Gasteiger partial charge in [-0.25, -0.2) is 8.42 Å². The van der Waals surface area contributed by atoms with Crippen LogP contribution in [0.4, 0.5) is 13.2 Å². The molecule has 0 saturated heterocycles. The Labute approximate surface area is 124 Å². The lowest BCUT2D eigenvalue weighted by Crippen LogP contribution is -2.43.